The third-order valence-electron chi connectivity index (χ3n) is 2.28. The molecule has 0 heterocycles. The first-order chi connectivity index (χ1) is 8.27. The summed E-state index contributed by atoms with van der Waals surface area (Å²) in [5.74, 6) is 0.775. The van der Waals surface area contributed by atoms with Crippen molar-refractivity contribution < 1.29 is 0 Å². The van der Waals surface area contributed by atoms with Crippen molar-refractivity contribution in [3.63, 3.8) is 0 Å². The zero-order chi connectivity index (χ0) is 12.5. The second-order valence-electron chi connectivity index (χ2n) is 3.51. The standard InChI is InChI=1S/C13H18ClN3.HI/c1-3-9-16-13(15-2)17-10-8-11-6-4-5-7-12(11)14;/h3-7H,1,8-10H2,2H3,(H2,15,16,17);1H. The Morgan fingerprint density at radius 1 is 1.39 bits per heavy atom. The lowest BCUT2D eigenvalue weighted by Crippen LogP contribution is -2.38. The lowest BCUT2D eigenvalue weighted by atomic mass is 10.1. The number of nitrogens with one attached hydrogen (secondary N) is 2. The number of hydrogen-bond acceptors (Lipinski definition) is 1. The predicted molar refractivity (Wildman–Crippen MR) is 90.1 cm³/mol. The van der Waals surface area contributed by atoms with Gasteiger partial charge in [0.25, 0.3) is 0 Å². The predicted octanol–water partition coefficient (Wildman–Crippen LogP) is 2.85. The summed E-state index contributed by atoms with van der Waals surface area (Å²) in [5.41, 5.74) is 1.14. The Morgan fingerprint density at radius 3 is 2.72 bits per heavy atom. The van der Waals surface area contributed by atoms with E-state index in [2.05, 4.69) is 22.2 Å². The van der Waals surface area contributed by atoms with Crippen molar-refractivity contribution in [2.24, 2.45) is 4.99 Å². The molecule has 0 saturated heterocycles. The molecule has 5 heteroatoms. The summed E-state index contributed by atoms with van der Waals surface area (Å²) in [7, 11) is 1.74. The second-order valence-corrected chi connectivity index (χ2v) is 3.92. The Bertz CT molecular complexity index is 394. The van der Waals surface area contributed by atoms with Crippen molar-refractivity contribution in [3.05, 3.63) is 47.5 Å². The normalized spacial score (nSPS) is 10.4. The summed E-state index contributed by atoms with van der Waals surface area (Å²) >= 11 is 6.07. The molecule has 0 aromatic heterocycles. The molecule has 0 saturated carbocycles. The van der Waals surface area contributed by atoms with E-state index in [0.29, 0.717) is 6.54 Å². The fourth-order valence-electron chi connectivity index (χ4n) is 1.41. The Labute approximate surface area is 131 Å². The summed E-state index contributed by atoms with van der Waals surface area (Å²) in [6.07, 6.45) is 2.66. The maximum absolute atomic E-state index is 6.07. The van der Waals surface area contributed by atoms with Gasteiger partial charge in [-0.15, -0.1) is 30.6 Å². The highest BCUT2D eigenvalue weighted by atomic mass is 127. The van der Waals surface area contributed by atoms with Crippen LogP contribution in [0.25, 0.3) is 0 Å². The molecule has 0 aliphatic rings. The number of hydrogen-bond donors (Lipinski definition) is 2. The van der Waals surface area contributed by atoms with E-state index < -0.39 is 0 Å². The van der Waals surface area contributed by atoms with Gasteiger partial charge in [0.05, 0.1) is 0 Å². The molecular weight excluding hydrogens is 361 g/mol. The minimum absolute atomic E-state index is 0. The van der Waals surface area contributed by atoms with Gasteiger partial charge in [-0.2, -0.15) is 0 Å². The van der Waals surface area contributed by atoms with E-state index in [1.54, 1.807) is 13.1 Å². The Hall–Kier alpha value is -0.750. The summed E-state index contributed by atoms with van der Waals surface area (Å²) in [6, 6.07) is 7.86. The molecule has 2 N–H and O–H groups in total. The molecule has 0 fully saturated rings. The van der Waals surface area contributed by atoms with E-state index in [1.807, 2.05) is 24.3 Å². The Kier molecular flexibility index (Phi) is 9.77. The van der Waals surface area contributed by atoms with E-state index >= 15 is 0 Å². The maximum Gasteiger partial charge on any atom is 0.191 e. The lowest BCUT2D eigenvalue weighted by molar-refractivity contribution is 0.822. The molecule has 0 spiro atoms. The van der Waals surface area contributed by atoms with Crippen LogP contribution in [0.2, 0.25) is 5.02 Å². The van der Waals surface area contributed by atoms with Crippen LogP contribution in [-0.2, 0) is 6.42 Å². The molecule has 0 radical (unpaired) electrons. The van der Waals surface area contributed by atoms with Crippen molar-refractivity contribution in [1.82, 2.24) is 10.6 Å². The second kappa shape index (κ2) is 10.2. The van der Waals surface area contributed by atoms with Crippen molar-refractivity contribution in [1.29, 1.82) is 0 Å². The van der Waals surface area contributed by atoms with E-state index in [-0.39, 0.29) is 24.0 Å². The summed E-state index contributed by atoms with van der Waals surface area (Å²) < 4.78 is 0. The van der Waals surface area contributed by atoms with Crippen LogP contribution < -0.4 is 10.6 Å². The van der Waals surface area contributed by atoms with Crippen LogP contribution in [-0.4, -0.2) is 26.1 Å². The molecule has 1 aromatic rings. The fourth-order valence-corrected chi connectivity index (χ4v) is 1.64. The van der Waals surface area contributed by atoms with E-state index in [1.165, 1.54) is 0 Å². The molecular formula is C13H19ClIN3. The van der Waals surface area contributed by atoms with Gasteiger partial charge in [0.2, 0.25) is 0 Å². The highest BCUT2D eigenvalue weighted by Crippen LogP contribution is 2.14. The number of nitrogens with zero attached hydrogens (tertiary/aromatic N) is 1. The van der Waals surface area contributed by atoms with E-state index in [9.17, 15) is 0 Å². The zero-order valence-corrected chi connectivity index (χ0v) is 13.5. The maximum atomic E-state index is 6.07. The van der Waals surface area contributed by atoms with Crippen LogP contribution in [0, 0.1) is 0 Å². The van der Waals surface area contributed by atoms with Gasteiger partial charge in [-0.1, -0.05) is 35.9 Å². The average molecular weight is 380 g/mol. The van der Waals surface area contributed by atoms with Gasteiger partial charge in [0, 0.05) is 25.2 Å². The monoisotopic (exact) mass is 379 g/mol. The molecule has 0 amide bonds. The first-order valence-corrected chi connectivity index (χ1v) is 5.94. The topological polar surface area (TPSA) is 36.4 Å². The van der Waals surface area contributed by atoms with Gasteiger partial charge in [-0.3, -0.25) is 4.99 Å². The quantitative estimate of drug-likeness (QED) is 0.357. The number of guanidine groups is 1. The van der Waals surface area contributed by atoms with E-state index in [4.69, 9.17) is 11.6 Å². The molecule has 1 rings (SSSR count). The molecule has 1 aromatic carbocycles. The van der Waals surface area contributed by atoms with Crippen molar-refractivity contribution in [3.8, 4) is 0 Å². The summed E-state index contributed by atoms with van der Waals surface area (Å²) in [4.78, 5) is 4.09. The first-order valence-electron chi connectivity index (χ1n) is 5.56. The molecule has 0 aliphatic heterocycles. The zero-order valence-electron chi connectivity index (χ0n) is 10.4. The van der Waals surface area contributed by atoms with Crippen LogP contribution >= 0.6 is 35.6 Å². The molecule has 0 bridgehead atoms. The third kappa shape index (κ3) is 6.26. The van der Waals surface area contributed by atoms with Crippen LogP contribution in [0.1, 0.15) is 5.56 Å². The summed E-state index contributed by atoms with van der Waals surface area (Å²) in [6.45, 7) is 5.14. The number of benzene rings is 1. The van der Waals surface area contributed by atoms with Gasteiger partial charge in [-0.25, -0.2) is 0 Å². The van der Waals surface area contributed by atoms with Gasteiger partial charge < -0.3 is 10.6 Å². The van der Waals surface area contributed by atoms with Crippen LogP contribution in [0.15, 0.2) is 41.9 Å². The molecule has 18 heavy (non-hydrogen) atoms. The fraction of sp³-hybridized carbons (Fsp3) is 0.308. The van der Waals surface area contributed by atoms with Crippen molar-refractivity contribution in [2.75, 3.05) is 20.1 Å². The highest BCUT2D eigenvalue weighted by Gasteiger charge is 1.99. The van der Waals surface area contributed by atoms with Crippen LogP contribution in [0.4, 0.5) is 0 Å². The van der Waals surface area contributed by atoms with Crippen molar-refractivity contribution in [2.45, 2.75) is 6.42 Å². The van der Waals surface area contributed by atoms with Crippen LogP contribution in [0.3, 0.4) is 0 Å². The molecule has 0 unspecified atom stereocenters. The highest BCUT2D eigenvalue weighted by molar-refractivity contribution is 14.0. The molecule has 3 nitrogen and oxygen atoms in total. The van der Waals surface area contributed by atoms with Crippen molar-refractivity contribution >= 4 is 41.5 Å². The largest absolute Gasteiger partial charge is 0.356 e. The Balaban J connectivity index is 0.00000289. The van der Waals surface area contributed by atoms with E-state index in [0.717, 1.165) is 29.5 Å². The first kappa shape index (κ1) is 17.2. The third-order valence-corrected chi connectivity index (χ3v) is 2.65. The van der Waals surface area contributed by atoms with Gasteiger partial charge in [-0.05, 0) is 18.1 Å². The summed E-state index contributed by atoms with van der Waals surface area (Å²) in [5, 5.41) is 7.13. The number of halogens is 2. The van der Waals surface area contributed by atoms with Gasteiger partial charge in [0.1, 0.15) is 0 Å². The minimum atomic E-state index is 0. The SMILES string of the molecule is C=CCNC(=NC)NCCc1ccccc1Cl.I. The average Bonchev–Trinajstić information content (AvgIpc) is 2.35. The molecule has 0 aliphatic carbocycles. The lowest BCUT2D eigenvalue weighted by Gasteiger charge is -2.10. The number of aliphatic imine (C=N–C) groups is 1. The molecule has 0 atom stereocenters. The minimum Gasteiger partial charge on any atom is -0.356 e. The van der Waals surface area contributed by atoms with Gasteiger partial charge >= 0.3 is 0 Å². The van der Waals surface area contributed by atoms with Gasteiger partial charge in [0.15, 0.2) is 5.96 Å². The molecule has 100 valence electrons. The number of rotatable bonds is 5. The smallest absolute Gasteiger partial charge is 0.191 e. The Morgan fingerprint density at radius 2 is 2.11 bits per heavy atom. The van der Waals surface area contributed by atoms with Crippen LogP contribution in [0.5, 0.6) is 0 Å².